The number of hydrogen-bond acceptors (Lipinski definition) is 3. The van der Waals surface area contributed by atoms with Gasteiger partial charge in [0.25, 0.3) is 5.69 Å². The lowest BCUT2D eigenvalue weighted by Crippen LogP contribution is -1.93. The Balaban J connectivity index is 2.95. The minimum absolute atomic E-state index is 0.0841. The molecule has 0 heterocycles. The lowest BCUT2D eigenvalue weighted by molar-refractivity contribution is -0.385. The van der Waals surface area contributed by atoms with Gasteiger partial charge >= 0.3 is 0 Å². The average molecular weight is 331 g/mol. The third-order valence-corrected chi connectivity index (χ3v) is 3.86. The summed E-state index contributed by atoms with van der Waals surface area (Å²) in [6.45, 7) is 0. The number of rotatable bonds is 1. The molecule has 2 aromatic rings. The molecule has 0 bridgehead atoms. The van der Waals surface area contributed by atoms with E-state index in [0.717, 1.165) is 8.96 Å². The molecule has 0 saturated carbocycles. The largest absolute Gasteiger partial charge is 0.291 e. The van der Waals surface area contributed by atoms with Crippen molar-refractivity contribution in [2.24, 2.45) is 0 Å². The summed E-state index contributed by atoms with van der Waals surface area (Å²) >= 11 is 6.23. The van der Waals surface area contributed by atoms with Crippen molar-refractivity contribution in [2.75, 3.05) is 0 Å². The Morgan fingerprint density at radius 3 is 2.67 bits per heavy atom. The first-order valence-corrected chi connectivity index (χ1v) is 5.68. The number of hydrogen-bond donors (Lipinski definition) is 1. The first-order valence-electron chi connectivity index (χ1n) is 4.16. The van der Waals surface area contributed by atoms with Crippen LogP contribution >= 0.6 is 35.2 Å². The van der Waals surface area contributed by atoms with Crippen molar-refractivity contribution in [3.63, 3.8) is 0 Å². The number of thiol groups is 1. The molecule has 0 atom stereocenters. The summed E-state index contributed by atoms with van der Waals surface area (Å²) in [6, 6.07) is 9.14. The molecule has 0 aromatic heterocycles. The van der Waals surface area contributed by atoms with Gasteiger partial charge in [-0.1, -0.05) is 18.2 Å². The van der Waals surface area contributed by atoms with E-state index >= 15 is 0 Å². The van der Waals surface area contributed by atoms with Gasteiger partial charge in [0.15, 0.2) is 0 Å². The van der Waals surface area contributed by atoms with Crippen LogP contribution in [0.25, 0.3) is 10.8 Å². The van der Waals surface area contributed by atoms with Crippen molar-refractivity contribution in [3.05, 3.63) is 44.0 Å². The standard InChI is InChI=1S/C10H6INO2S/c11-8-5-6-3-1-2-4-7(6)9(10(8)15)12(13)14/h1-5,15H. The second-order valence-corrected chi connectivity index (χ2v) is 4.64. The molecule has 2 rings (SSSR count). The lowest BCUT2D eigenvalue weighted by atomic mass is 10.1. The summed E-state index contributed by atoms with van der Waals surface area (Å²) in [5.74, 6) is 0. The van der Waals surface area contributed by atoms with Crippen LogP contribution in [0, 0.1) is 13.7 Å². The highest BCUT2D eigenvalue weighted by Gasteiger charge is 2.18. The molecule has 0 fully saturated rings. The number of fused-ring (bicyclic) bond motifs is 1. The van der Waals surface area contributed by atoms with Crippen molar-refractivity contribution in [3.8, 4) is 0 Å². The maximum Gasteiger partial charge on any atom is 0.291 e. The van der Waals surface area contributed by atoms with Gasteiger partial charge in [-0.05, 0) is 40.1 Å². The third kappa shape index (κ3) is 1.81. The normalized spacial score (nSPS) is 10.5. The summed E-state index contributed by atoms with van der Waals surface area (Å²) < 4.78 is 0.793. The summed E-state index contributed by atoms with van der Waals surface area (Å²) in [4.78, 5) is 11.0. The summed E-state index contributed by atoms with van der Waals surface area (Å²) in [7, 11) is 0. The van der Waals surface area contributed by atoms with E-state index in [4.69, 9.17) is 0 Å². The van der Waals surface area contributed by atoms with E-state index in [1.165, 1.54) is 0 Å². The van der Waals surface area contributed by atoms with Gasteiger partial charge in [-0.25, -0.2) is 0 Å². The Bertz CT molecular complexity index is 556. The van der Waals surface area contributed by atoms with Crippen molar-refractivity contribution < 1.29 is 4.92 Å². The molecule has 0 aliphatic carbocycles. The molecule has 0 amide bonds. The van der Waals surface area contributed by atoms with Gasteiger partial charge in [0.1, 0.15) is 0 Å². The van der Waals surface area contributed by atoms with E-state index in [-0.39, 0.29) is 10.6 Å². The van der Waals surface area contributed by atoms with E-state index < -0.39 is 0 Å². The average Bonchev–Trinajstić information content (AvgIpc) is 2.19. The molecule has 0 aliphatic rings. The molecule has 3 nitrogen and oxygen atoms in total. The maximum absolute atomic E-state index is 10.9. The zero-order valence-electron chi connectivity index (χ0n) is 7.48. The highest BCUT2D eigenvalue weighted by molar-refractivity contribution is 14.1. The second kappa shape index (κ2) is 3.97. The second-order valence-electron chi connectivity index (χ2n) is 3.03. The van der Waals surface area contributed by atoms with Crippen molar-refractivity contribution in [1.82, 2.24) is 0 Å². The zero-order chi connectivity index (χ0) is 11.0. The van der Waals surface area contributed by atoms with E-state index in [0.29, 0.717) is 10.3 Å². The predicted octanol–water partition coefficient (Wildman–Crippen LogP) is 3.64. The molecular formula is C10H6INO2S. The van der Waals surface area contributed by atoms with Crippen LogP contribution in [0.1, 0.15) is 0 Å². The minimum atomic E-state index is -0.382. The Morgan fingerprint density at radius 2 is 2.00 bits per heavy atom. The van der Waals surface area contributed by atoms with Crippen molar-refractivity contribution in [1.29, 1.82) is 0 Å². The lowest BCUT2D eigenvalue weighted by Gasteiger charge is -2.04. The van der Waals surface area contributed by atoms with E-state index in [1.54, 1.807) is 12.1 Å². The maximum atomic E-state index is 10.9. The molecule has 0 radical (unpaired) electrons. The van der Waals surface area contributed by atoms with Gasteiger partial charge in [0, 0.05) is 3.57 Å². The molecule has 5 heteroatoms. The van der Waals surface area contributed by atoms with Gasteiger partial charge < -0.3 is 0 Å². The number of nitro benzene ring substituents is 1. The first kappa shape index (κ1) is 10.7. The van der Waals surface area contributed by atoms with Gasteiger partial charge in [-0.2, -0.15) is 0 Å². The van der Waals surface area contributed by atoms with Crippen molar-refractivity contribution >= 4 is 51.7 Å². The quantitative estimate of drug-likeness (QED) is 0.375. The van der Waals surface area contributed by atoms with E-state index in [2.05, 4.69) is 35.2 Å². The van der Waals surface area contributed by atoms with Crippen LogP contribution in [0.2, 0.25) is 0 Å². The monoisotopic (exact) mass is 331 g/mol. The molecule has 2 aromatic carbocycles. The fraction of sp³-hybridized carbons (Fsp3) is 0. The molecule has 0 saturated heterocycles. The Kier molecular flexibility index (Phi) is 2.83. The number of halogens is 1. The molecule has 76 valence electrons. The fourth-order valence-electron chi connectivity index (χ4n) is 1.47. The summed E-state index contributed by atoms with van der Waals surface area (Å²) in [5.41, 5.74) is 0.0841. The van der Waals surface area contributed by atoms with Gasteiger partial charge in [0.2, 0.25) is 0 Å². The van der Waals surface area contributed by atoms with Gasteiger partial charge in [-0.3, -0.25) is 10.1 Å². The van der Waals surface area contributed by atoms with E-state index in [1.807, 2.05) is 18.2 Å². The molecular weight excluding hydrogens is 325 g/mol. The first-order chi connectivity index (χ1) is 7.11. The highest BCUT2D eigenvalue weighted by atomic mass is 127. The Labute approximate surface area is 105 Å². The Morgan fingerprint density at radius 1 is 1.33 bits per heavy atom. The van der Waals surface area contributed by atoms with Crippen LogP contribution in [-0.2, 0) is 0 Å². The summed E-state index contributed by atoms with van der Waals surface area (Å²) in [6.07, 6.45) is 0. The van der Waals surface area contributed by atoms with Gasteiger partial charge in [-0.15, -0.1) is 12.6 Å². The molecule has 0 N–H and O–H groups in total. The minimum Gasteiger partial charge on any atom is -0.258 e. The smallest absolute Gasteiger partial charge is 0.258 e. The van der Waals surface area contributed by atoms with E-state index in [9.17, 15) is 10.1 Å². The van der Waals surface area contributed by atoms with Crippen LogP contribution in [-0.4, -0.2) is 4.92 Å². The fourth-order valence-corrected chi connectivity index (χ4v) is 2.33. The van der Waals surface area contributed by atoms with Crippen LogP contribution in [0.4, 0.5) is 5.69 Å². The predicted molar refractivity (Wildman–Crippen MR) is 70.6 cm³/mol. The van der Waals surface area contributed by atoms with Crippen LogP contribution < -0.4 is 0 Å². The zero-order valence-corrected chi connectivity index (χ0v) is 10.5. The number of benzene rings is 2. The SMILES string of the molecule is O=[N+]([O-])c1c(S)c(I)cc2ccccc12. The molecule has 0 spiro atoms. The molecule has 0 aliphatic heterocycles. The summed E-state index contributed by atoms with van der Waals surface area (Å²) in [5, 5.41) is 12.4. The van der Waals surface area contributed by atoms with Crippen molar-refractivity contribution in [2.45, 2.75) is 4.90 Å². The highest BCUT2D eigenvalue weighted by Crippen LogP contribution is 2.35. The number of nitrogens with zero attached hydrogens (tertiary/aromatic N) is 1. The van der Waals surface area contributed by atoms with Crippen LogP contribution in [0.15, 0.2) is 35.2 Å². The Hall–Kier alpha value is -0.820. The van der Waals surface area contributed by atoms with Gasteiger partial charge in [0.05, 0.1) is 15.2 Å². The van der Waals surface area contributed by atoms with Crippen LogP contribution in [0.3, 0.4) is 0 Å². The third-order valence-electron chi connectivity index (χ3n) is 2.13. The number of nitro groups is 1. The molecule has 0 unspecified atom stereocenters. The van der Waals surface area contributed by atoms with Crippen LogP contribution in [0.5, 0.6) is 0 Å². The topological polar surface area (TPSA) is 43.1 Å². The molecule has 15 heavy (non-hydrogen) atoms.